The second kappa shape index (κ2) is 4.01. The second-order valence-corrected chi connectivity index (χ2v) is 3.78. The van der Waals surface area contributed by atoms with Crippen LogP contribution >= 0.6 is 0 Å². The molecular weight excluding hydrogens is 220 g/mol. The highest BCUT2D eigenvalue weighted by atomic mass is 16.5. The molecule has 0 spiro atoms. The molecule has 2 aromatic rings. The maximum atomic E-state index is 11.6. The van der Waals surface area contributed by atoms with Gasteiger partial charge < -0.3 is 4.74 Å². The number of Topliss-reactive ketones (excluding diaryl/α,β-unsaturated/α-hetero) is 1. The lowest BCUT2D eigenvalue weighted by molar-refractivity contribution is -0.131. The van der Waals surface area contributed by atoms with Crippen LogP contribution in [0, 0.1) is 6.92 Å². The molecule has 0 saturated heterocycles. The number of pyridine rings is 1. The summed E-state index contributed by atoms with van der Waals surface area (Å²) in [5.41, 5.74) is 1.65. The first kappa shape index (κ1) is 11.3. The number of rotatable bonds is 2. The Morgan fingerprint density at radius 3 is 2.65 bits per heavy atom. The smallest absolute Gasteiger partial charge is 0.308 e. The summed E-state index contributed by atoms with van der Waals surface area (Å²) in [7, 11) is 0. The van der Waals surface area contributed by atoms with Crippen LogP contribution in [0.1, 0.15) is 29.9 Å². The Kier molecular flexibility index (Phi) is 2.67. The zero-order valence-corrected chi connectivity index (χ0v) is 9.85. The second-order valence-electron chi connectivity index (χ2n) is 3.78. The van der Waals surface area contributed by atoms with E-state index in [9.17, 15) is 9.59 Å². The topological polar surface area (TPSA) is 60.7 Å². The molecule has 0 fully saturated rings. The fourth-order valence-electron chi connectivity index (χ4n) is 1.84. The van der Waals surface area contributed by atoms with Gasteiger partial charge in [0.1, 0.15) is 5.52 Å². The monoisotopic (exact) mass is 232 g/mol. The summed E-state index contributed by atoms with van der Waals surface area (Å²) in [4.78, 5) is 22.6. The van der Waals surface area contributed by atoms with Crippen molar-refractivity contribution < 1.29 is 14.3 Å². The third kappa shape index (κ3) is 1.91. The van der Waals surface area contributed by atoms with Gasteiger partial charge in [0.05, 0.1) is 11.3 Å². The van der Waals surface area contributed by atoms with Crippen LogP contribution in [-0.4, -0.2) is 21.4 Å². The number of hydrogen-bond acceptors (Lipinski definition) is 4. The molecule has 5 nitrogen and oxygen atoms in total. The molecule has 0 aromatic carbocycles. The number of aromatic nitrogens is 2. The van der Waals surface area contributed by atoms with Gasteiger partial charge >= 0.3 is 5.97 Å². The van der Waals surface area contributed by atoms with Crippen molar-refractivity contribution in [2.45, 2.75) is 20.8 Å². The minimum Gasteiger partial charge on any atom is -0.424 e. The molecule has 2 rings (SSSR count). The molecule has 0 amide bonds. The fraction of sp³-hybridized carbons (Fsp3) is 0.250. The highest BCUT2D eigenvalue weighted by molar-refractivity contribution is 6.03. The van der Waals surface area contributed by atoms with E-state index in [1.54, 1.807) is 29.8 Å². The Morgan fingerprint density at radius 2 is 2.06 bits per heavy atom. The van der Waals surface area contributed by atoms with E-state index in [2.05, 4.69) is 5.10 Å². The molecule has 0 aliphatic rings. The summed E-state index contributed by atoms with van der Waals surface area (Å²) in [5, 5.41) is 4.21. The first-order chi connectivity index (χ1) is 8.00. The number of carbonyl (C=O) groups excluding carboxylic acids is 2. The summed E-state index contributed by atoms with van der Waals surface area (Å²) in [6.07, 6.45) is 1.71. The fourth-order valence-corrected chi connectivity index (χ4v) is 1.84. The van der Waals surface area contributed by atoms with E-state index in [0.29, 0.717) is 22.5 Å². The van der Waals surface area contributed by atoms with Crippen LogP contribution < -0.4 is 4.74 Å². The van der Waals surface area contributed by atoms with Gasteiger partial charge in [0.25, 0.3) is 0 Å². The number of esters is 1. The van der Waals surface area contributed by atoms with Crippen LogP contribution in [0.2, 0.25) is 0 Å². The maximum Gasteiger partial charge on any atom is 0.308 e. The Balaban J connectivity index is 2.76. The summed E-state index contributed by atoms with van der Waals surface area (Å²) < 4.78 is 6.63. The van der Waals surface area contributed by atoms with E-state index in [-0.39, 0.29) is 5.78 Å². The van der Waals surface area contributed by atoms with Crippen molar-refractivity contribution >= 4 is 17.3 Å². The highest BCUT2D eigenvalue weighted by Gasteiger charge is 2.17. The predicted octanol–water partition coefficient (Wildman–Crippen LogP) is 1.77. The zero-order chi connectivity index (χ0) is 12.6. The molecule has 0 aliphatic heterocycles. The Labute approximate surface area is 98.0 Å². The maximum absolute atomic E-state index is 11.6. The van der Waals surface area contributed by atoms with Gasteiger partial charge in [-0.2, -0.15) is 5.10 Å². The minimum absolute atomic E-state index is 0.0999. The van der Waals surface area contributed by atoms with E-state index >= 15 is 0 Å². The van der Waals surface area contributed by atoms with Gasteiger partial charge in [0.2, 0.25) is 0 Å². The molecule has 0 bridgehead atoms. The number of hydrogen-bond donors (Lipinski definition) is 0. The first-order valence-electron chi connectivity index (χ1n) is 5.18. The lowest BCUT2D eigenvalue weighted by Gasteiger charge is -2.04. The van der Waals surface area contributed by atoms with Gasteiger partial charge in [0, 0.05) is 13.1 Å². The van der Waals surface area contributed by atoms with Crippen LogP contribution in [0.5, 0.6) is 5.75 Å². The quantitative estimate of drug-likeness (QED) is 0.584. The lowest BCUT2D eigenvalue weighted by atomic mass is 10.1. The molecule has 0 aliphatic carbocycles. The summed E-state index contributed by atoms with van der Waals surface area (Å²) >= 11 is 0. The van der Waals surface area contributed by atoms with Crippen molar-refractivity contribution in [2.24, 2.45) is 0 Å². The van der Waals surface area contributed by atoms with Crippen molar-refractivity contribution in [2.75, 3.05) is 0 Å². The number of carbonyl (C=O) groups is 2. The minimum atomic E-state index is -0.425. The van der Waals surface area contributed by atoms with Gasteiger partial charge in [-0.3, -0.25) is 9.59 Å². The average molecular weight is 232 g/mol. The highest BCUT2D eigenvalue weighted by Crippen LogP contribution is 2.26. The Morgan fingerprint density at radius 1 is 1.35 bits per heavy atom. The van der Waals surface area contributed by atoms with Crippen LogP contribution in [0.3, 0.4) is 0 Å². The molecule has 2 heterocycles. The van der Waals surface area contributed by atoms with Crippen molar-refractivity contribution in [3.05, 3.63) is 29.6 Å². The Hall–Kier alpha value is -2.17. The molecule has 88 valence electrons. The molecule has 2 aromatic heterocycles. The number of aryl methyl sites for hydroxylation is 1. The van der Waals surface area contributed by atoms with E-state index in [1.807, 2.05) is 0 Å². The molecule has 0 saturated carbocycles. The number of ether oxygens (including phenoxy) is 1. The third-order valence-electron chi connectivity index (χ3n) is 2.40. The number of nitrogens with zero attached hydrogens (tertiary/aromatic N) is 2. The largest absolute Gasteiger partial charge is 0.424 e. The van der Waals surface area contributed by atoms with E-state index in [1.165, 1.54) is 13.8 Å². The van der Waals surface area contributed by atoms with Crippen molar-refractivity contribution in [3.8, 4) is 5.75 Å². The van der Waals surface area contributed by atoms with Gasteiger partial charge in [-0.25, -0.2) is 4.52 Å². The van der Waals surface area contributed by atoms with Gasteiger partial charge in [-0.15, -0.1) is 0 Å². The molecule has 0 N–H and O–H groups in total. The van der Waals surface area contributed by atoms with Gasteiger partial charge in [0.15, 0.2) is 11.5 Å². The molecular formula is C12H12N2O3. The van der Waals surface area contributed by atoms with E-state index in [0.717, 1.165) is 0 Å². The standard InChI is InChI=1S/C12H12N2O3/c1-7-11(8(2)15)12-10(17-9(3)16)5-4-6-14(12)13-7/h4-6H,1-3H3. The lowest BCUT2D eigenvalue weighted by Crippen LogP contribution is -2.04. The van der Waals surface area contributed by atoms with Crippen LogP contribution in [-0.2, 0) is 4.79 Å². The molecule has 0 unspecified atom stereocenters. The van der Waals surface area contributed by atoms with Crippen LogP contribution in [0.4, 0.5) is 0 Å². The molecule has 0 atom stereocenters. The molecule has 17 heavy (non-hydrogen) atoms. The SMILES string of the molecule is CC(=O)Oc1cccn2nc(C)c(C(C)=O)c12. The average Bonchev–Trinajstić information content (AvgIpc) is 2.54. The van der Waals surface area contributed by atoms with E-state index < -0.39 is 5.97 Å². The number of fused-ring (bicyclic) bond motifs is 1. The van der Waals surface area contributed by atoms with Crippen LogP contribution in [0.15, 0.2) is 18.3 Å². The van der Waals surface area contributed by atoms with Crippen LogP contribution in [0.25, 0.3) is 5.52 Å². The predicted molar refractivity (Wildman–Crippen MR) is 61.2 cm³/mol. The third-order valence-corrected chi connectivity index (χ3v) is 2.40. The summed E-state index contributed by atoms with van der Waals surface area (Å²) in [6.45, 7) is 4.54. The summed E-state index contributed by atoms with van der Waals surface area (Å²) in [6, 6.07) is 3.35. The zero-order valence-electron chi connectivity index (χ0n) is 9.85. The Bertz CT molecular complexity index is 613. The van der Waals surface area contributed by atoms with E-state index in [4.69, 9.17) is 4.74 Å². The van der Waals surface area contributed by atoms with Crippen molar-refractivity contribution in [1.82, 2.24) is 9.61 Å². The van der Waals surface area contributed by atoms with Crippen molar-refractivity contribution in [3.63, 3.8) is 0 Å². The van der Waals surface area contributed by atoms with Crippen molar-refractivity contribution in [1.29, 1.82) is 0 Å². The normalized spacial score (nSPS) is 10.5. The molecule has 0 radical (unpaired) electrons. The summed E-state index contributed by atoms with van der Waals surface area (Å²) in [5.74, 6) is -0.172. The molecule has 5 heteroatoms. The number of ketones is 1. The van der Waals surface area contributed by atoms with Gasteiger partial charge in [-0.05, 0) is 26.0 Å². The van der Waals surface area contributed by atoms with Gasteiger partial charge in [-0.1, -0.05) is 0 Å². The first-order valence-corrected chi connectivity index (χ1v) is 5.18.